The average Bonchev–Trinajstić information content (AvgIpc) is 3.51. The van der Waals surface area contributed by atoms with E-state index in [9.17, 15) is 19.5 Å². The largest absolute Gasteiger partial charge is 0.497 e. The molecular formula is C28H33N3O5S. The van der Waals surface area contributed by atoms with E-state index < -0.39 is 28.7 Å². The molecule has 0 aliphatic carbocycles. The highest BCUT2D eigenvalue weighted by atomic mass is 32.2. The first kappa shape index (κ1) is 25.6. The number of aliphatic hydroxyl groups is 1. The van der Waals surface area contributed by atoms with Crippen molar-refractivity contribution < 1.29 is 24.2 Å². The highest BCUT2D eigenvalue weighted by Gasteiger charge is 2.76. The van der Waals surface area contributed by atoms with Crippen LogP contribution in [0, 0.1) is 17.8 Å². The molecule has 2 bridgehead atoms. The van der Waals surface area contributed by atoms with Crippen LogP contribution in [0.25, 0.3) is 0 Å². The second-order valence-electron chi connectivity index (χ2n) is 10.3. The maximum Gasteiger partial charge on any atom is 0.248 e. The Morgan fingerprint density at radius 1 is 1.16 bits per heavy atom. The second kappa shape index (κ2) is 10.0. The first-order valence-electron chi connectivity index (χ1n) is 12.7. The Bertz CT molecular complexity index is 1180. The summed E-state index contributed by atoms with van der Waals surface area (Å²) in [5.74, 6) is -1.10. The number of carbonyl (C=O) groups excluding carboxylic acids is 3. The maximum atomic E-state index is 14.0. The number of nitrogens with zero attached hydrogens (tertiary/aromatic N) is 1. The van der Waals surface area contributed by atoms with Crippen LogP contribution in [-0.4, -0.2) is 63.5 Å². The number of ether oxygens (including phenoxy) is 1. The van der Waals surface area contributed by atoms with Gasteiger partial charge in [0.05, 0.1) is 36.3 Å². The third-order valence-corrected chi connectivity index (χ3v) is 10.2. The number of benzene rings is 2. The number of amides is 3. The van der Waals surface area contributed by atoms with Crippen LogP contribution in [0.1, 0.15) is 25.8 Å². The lowest BCUT2D eigenvalue weighted by Gasteiger charge is -2.39. The molecule has 3 fully saturated rings. The summed E-state index contributed by atoms with van der Waals surface area (Å²) in [6.07, 6.45) is 0.755. The Labute approximate surface area is 221 Å². The molecule has 3 N–H and O–H groups in total. The molecule has 3 aliphatic rings. The number of methoxy groups -OCH3 is 1. The van der Waals surface area contributed by atoms with E-state index in [1.807, 2.05) is 30.3 Å². The van der Waals surface area contributed by atoms with Gasteiger partial charge in [0.1, 0.15) is 11.8 Å². The zero-order valence-electron chi connectivity index (χ0n) is 21.2. The Balaban J connectivity index is 1.45. The summed E-state index contributed by atoms with van der Waals surface area (Å²) >= 11 is 1.62. The third kappa shape index (κ3) is 4.18. The Kier molecular flexibility index (Phi) is 6.93. The molecule has 3 amide bonds. The van der Waals surface area contributed by atoms with Crippen LogP contribution < -0.4 is 15.4 Å². The second-order valence-corrected chi connectivity index (χ2v) is 11.8. The first-order chi connectivity index (χ1) is 17.8. The van der Waals surface area contributed by atoms with Crippen molar-refractivity contribution in [2.75, 3.05) is 19.0 Å². The van der Waals surface area contributed by atoms with Crippen molar-refractivity contribution in [3.63, 3.8) is 0 Å². The van der Waals surface area contributed by atoms with Crippen molar-refractivity contribution in [1.82, 2.24) is 10.2 Å². The summed E-state index contributed by atoms with van der Waals surface area (Å²) in [6.45, 7) is 3.94. The van der Waals surface area contributed by atoms with Crippen molar-refractivity contribution in [2.45, 2.75) is 48.9 Å². The third-order valence-electron chi connectivity index (χ3n) is 8.14. The maximum absolute atomic E-state index is 14.0. The van der Waals surface area contributed by atoms with Crippen LogP contribution in [0.4, 0.5) is 5.69 Å². The lowest BCUT2D eigenvalue weighted by atomic mass is 9.66. The number of rotatable bonds is 8. The van der Waals surface area contributed by atoms with Gasteiger partial charge in [0, 0.05) is 17.5 Å². The number of hydrogen-bond acceptors (Lipinski definition) is 6. The molecule has 0 saturated carbocycles. The van der Waals surface area contributed by atoms with Crippen LogP contribution in [0.2, 0.25) is 0 Å². The number of hydrogen-bond donors (Lipinski definition) is 3. The minimum Gasteiger partial charge on any atom is -0.497 e. The number of aliphatic hydroxyl groups excluding tert-OH is 1. The number of anilines is 1. The van der Waals surface area contributed by atoms with Gasteiger partial charge in [-0.25, -0.2) is 0 Å². The highest BCUT2D eigenvalue weighted by molar-refractivity contribution is 8.02. The first-order valence-corrected chi connectivity index (χ1v) is 13.6. The van der Waals surface area contributed by atoms with Gasteiger partial charge in [-0.15, -0.1) is 11.8 Å². The molecule has 3 unspecified atom stereocenters. The fourth-order valence-corrected chi connectivity index (χ4v) is 8.82. The predicted octanol–water partition coefficient (Wildman–Crippen LogP) is 2.67. The summed E-state index contributed by atoms with van der Waals surface area (Å²) in [5.41, 5.74) is 1.58. The number of fused-ring (bicyclic) bond motifs is 1. The number of likely N-dealkylation sites (tertiary alicyclic amines) is 1. The van der Waals surface area contributed by atoms with E-state index in [4.69, 9.17) is 4.74 Å². The number of carbonyl (C=O) groups is 3. The van der Waals surface area contributed by atoms with Crippen LogP contribution in [-0.2, 0) is 20.9 Å². The van der Waals surface area contributed by atoms with Gasteiger partial charge in [-0.1, -0.05) is 37.3 Å². The van der Waals surface area contributed by atoms with Crippen LogP contribution in [0.5, 0.6) is 5.75 Å². The predicted molar refractivity (Wildman–Crippen MR) is 142 cm³/mol. The van der Waals surface area contributed by atoms with Gasteiger partial charge < -0.3 is 25.4 Å². The summed E-state index contributed by atoms with van der Waals surface area (Å²) < 4.78 is 4.47. The number of nitrogens with one attached hydrogen (secondary N) is 2. The molecule has 1 spiro atoms. The van der Waals surface area contributed by atoms with Crippen molar-refractivity contribution in [1.29, 1.82) is 0 Å². The average molecular weight is 524 g/mol. The van der Waals surface area contributed by atoms with Gasteiger partial charge in [-0.2, -0.15) is 0 Å². The minimum atomic E-state index is -0.800. The SMILES string of the molecule is COc1ccc(NC(=O)C2N([C@H](C)CO)C(=O)[C@@H]3[C@@H](C(=O)NCc4ccccc4)[C@H]4CC(C)C23S4)cc1. The normalized spacial score (nSPS) is 30.6. The topological polar surface area (TPSA) is 108 Å². The zero-order valence-corrected chi connectivity index (χ0v) is 22.0. The molecule has 0 aromatic heterocycles. The van der Waals surface area contributed by atoms with Crippen molar-refractivity contribution >= 4 is 35.2 Å². The molecule has 2 aromatic carbocycles. The lowest BCUT2D eigenvalue weighted by Crippen LogP contribution is -2.56. The molecule has 7 atom stereocenters. The molecule has 5 rings (SSSR count). The number of thioether (sulfide) groups is 1. The van der Waals surface area contributed by atoms with Gasteiger partial charge in [-0.3, -0.25) is 14.4 Å². The molecule has 0 radical (unpaired) electrons. The fourth-order valence-electron chi connectivity index (χ4n) is 6.41. The van der Waals surface area contributed by atoms with E-state index in [1.165, 1.54) is 4.90 Å². The summed E-state index contributed by atoms with van der Waals surface area (Å²) in [4.78, 5) is 42.9. The van der Waals surface area contributed by atoms with E-state index in [-0.39, 0.29) is 35.5 Å². The van der Waals surface area contributed by atoms with Gasteiger partial charge in [0.25, 0.3) is 0 Å². The molecule has 196 valence electrons. The summed E-state index contributed by atoms with van der Waals surface area (Å²) in [6, 6.07) is 15.3. The van der Waals surface area contributed by atoms with Gasteiger partial charge in [-0.05, 0) is 49.1 Å². The molecule has 2 aromatic rings. The van der Waals surface area contributed by atoms with Gasteiger partial charge in [0.2, 0.25) is 17.7 Å². The quantitative estimate of drug-likeness (QED) is 0.491. The van der Waals surface area contributed by atoms with Crippen LogP contribution >= 0.6 is 11.8 Å². The summed E-state index contributed by atoms with van der Waals surface area (Å²) in [5, 5.41) is 16.0. The zero-order chi connectivity index (χ0) is 26.3. The monoisotopic (exact) mass is 523 g/mol. The molecule has 8 nitrogen and oxygen atoms in total. The summed E-state index contributed by atoms with van der Waals surface area (Å²) in [7, 11) is 1.58. The fraction of sp³-hybridized carbons (Fsp3) is 0.464. The smallest absolute Gasteiger partial charge is 0.248 e. The van der Waals surface area contributed by atoms with E-state index in [2.05, 4.69) is 17.6 Å². The van der Waals surface area contributed by atoms with Crippen molar-refractivity contribution in [3.8, 4) is 5.75 Å². The Morgan fingerprint density at radius 3 is 2.51 bits per heavy atom. The van der Waals surface area contributed by atoms with Gasteiger partial charge >= 0.3 is 0 Å². The van der Waals surface area contributed by atoms with Gasteiger partial charge in [0.15, 0.2) is 0 Å². The Morgan fingerprint density at radius 2 is 1.86 bits per heavy atom. The van der Waals surface area contributed by atoms with E-state index in [0.717, 1.165) is 12.0 Å². The molecular weight excluding hydrogens is 490 g/mol. The van der Waals surface area contributed by atoms with E-state index in [1.54, 1.807) is 50.1 Å². The molecule has 37 heavy (non-hydrogen) atoms. The van der Waals surface area contributed by atoms with Crippen LogP contribution in [0.15, 0.2) is 54.6 Å². The molecule has 3 heterocycles. The van der Waals surface area contributed by atoms with E-state index in [0.29, 0.717) is 18.0 Å². The lowest BCUT2D eigenvalue weighted by molar-refractivity contribution is -0.141. The van der Waals surface area contributed by atoms with Crippen LogP contribution in [0.3, 0.4) is 0 Å². The molecule has 9 heteroatoms. The standard InChI is InChI=1S/C28H33N3O5S/c1-16-13-21-22(25(33)29-14-18-7-5-4-6-8-18)23-27(35)31(17(2)15-32)24(28(16,23)37-21)26(34)30-19-9-11-20(36-3)12-10-19/h4-12,16-17,21-24,32H,13-15H2,1-3H3,(H,29,33)(H,30,34)/t16?,17-,21-,22+,23+,24?,28?/m1/s1. The highest BCUT2D eigenvalue weighted by Crippen LogP contribution is 2.68. The van der Waals surface area contributed by atoms with Crippen molar-refractivity contribution in [3.05, 3.63) is 60.2 Å². The minimum absolute atomic E-state index is 0.0393. The molecule has 3 saturated heterocycles. The Hall–Kier alpha value is -3.04. The molecule has 3 aliphatic heterocycles. The van der Waals surface area contributed by atoms with Crippen molar-refractivity contribution in [2.24, 2.45) is 17.8 Å². The van der Waals surface area contributed by atoms with E-state index >= 15 is 0 Å².